The summed E-state index contributed by atoms with van der Waals surface area (Å²) in [6.07, 6.45) is -10.4. The number of halogens is 6. The molecule has 1 saturated heterocycles. The third kappa shape index (κ3) is 4.26. The molecule has 2 unspecified atom stereocenters. The quantitative estimate of drug-likeness (QED) is 0.764. The van der Waals surface area contributed by atoms with Gasteiger partial charge in [0.2, 0.25) is 11.8 Å². The van der Waals surface area contributed by atoms with Crippen molar-refractivity contribution in [1.29, 1.82) is 0 Å². The number of rotatable bonds is 2. The lowest BCUT2D eigenvalue weighted by Crippen LogP contribution is -2.56. The molecule has 2 N–H and O–H groups in total. The molecule has 0 radical (unpaired) electrons. The van der Waals surface area contributed by atoms with Gasteiger partial charge >= 0.3 is 12.4 Å². The summed E-state index contributed by atoms with van der Waals surface area (Å²) < 4.78 is 73.9. The van der Waals surface area contributed by atoms with Gasteiger partial charge in [0.15, 0.2) is 0 Å². The Kier molecular flexibility index (Phi) is 4.70. The van der Waals surface area contributed by atoms with E-state index in [-0.39, 0.29) is 6.04 Å². The summed E-state index contributed by atoms with van der Waals surface area (Å²) >= 11 is 0. The Bertz CT molecular complexity index is 313. The maximum absolute atomic E-state index is 12.3. The second kappa shape index (κ2) is 5.56. The van der Waals surface area contributed by atoms with E-state index in [1.54, 1.807) is 6.92 Å². The average Bonchev–Trinajstić information content (AvgIpc) is 2.16. The van der Waals surface area contributed by atoms with Crippen LogP contribution in [0.1, 0.15) is 19.8 Å². The van der Waals surface area contributed by atoms with Crippen LogP contribution in [0.2, 0.25) is 0 Å². The maximum atomic E-state index is 12.3. The Hall–Kier alpha value is -0.990. The lowest BCUT2D eigenvalue weighted by Gasteiger charge is -2.32. The summed E-state index contributed by atoms with van der Waals surface area (Å²) in [6, 6.07) is -1.09. The molecule has 0 saturated carbocycles. The zero-order valence-corrected chi connectivity index (χ0v) is 10.0. The minimum atomic E-state index is -5.65. The van der Waals surface area contributed by atoms with Crippen LogP contribution >= 0.6 is 0 Å². The van der Waals surface area contributed by atoms with Crippen LogP contribution in [-0.2, 0) is 4.79 Å². The highest BCUT2D eigenvalue weighted by Gasteiger charge is 2.61. The average molecular weight is 292 g/mol. The molecule has 1 aliphatic rings. The Morgan fingerprint density at radius 2 is 1.74 bits per heavy atom. The number of nitrogens with one attached hydrogen (secondary N) is 2. The van der Waals surface area contributed by atoms with Crippen LogP contribution in [0.4, 0.5) is 26.3 Å². The van der Waals surface area contributed by atoms with Gasteiger partial charge in [0.05, 0.1) is 0 Å². The predicted molar refractivity (Wildman–Crippen MR) is 54.2 cm³/mol. The largest absolute Gasteiger partial charge is 0.409 e. The molecule has 19 heavy (non-hydrogen) atoms. The van der Waals surface area contributed by atoms with Gasteiger partial charge in [-0.15, -0.1) is 0 Å². The molecule has 1 aliphatic heterocycles. The molecule has 0 aliphatic carbocycles. The second-order valence-corrected chi connectivity index (χ2v) is 4.52. The summed E-state index contributed by atoms with van der Waals surface area (Å²) in [6.45, 7) is 2.22. The highest BCUT2D eigenvalue weighted by molar-refractivity contribution is 5.80. The molecule has 1 heterocycles. The van der Waals surface area contributed by atoms with Gasteiger partial charge in [-0.2, -0.15) is 26.3 Å². The van der Waals surface area contributed by atoms with E-state index in [1.165, 1.54) is 0 Å². The Labute approximate surface area is 105 Å². The van der Waals surface area contributed by atoms with Crippen molar-refractivity contribution in [2.24, 2.45) is 5.92 Å². The number of alkyl halides is 6. The van der Waals surface area contributed by atoms with Gasteiger partial charge in [0.25, 0.3) is 0 Å². The number of carbonyl (C=O) groups excluding carboxylic acids is 1. The van der Waals surface area contributed by atoms with E-state index in [0.717, 1.165) is 0 Å². The Morgan fingerprint density at radius 3 is 2.16 bits per heavy atom. The molecule has 2 atom stereocenters. The van der Waals surface area contributed by atoms with E-state index in [4.69, 9.17) is 0 Å². The predicted octanol–water partition coefficient (Wildman–Crippen LogP) is 1.98. The molecule has 0 aromatic heterocycles. The van der Waals surface area contributed by atoms with Crippen molar-refractivity contribution in [2.75, 3.05) is 6.54 Å². The summed E-state index contributed by atoms with van der Waals surface area (Å²) in [4.78, 5) is 11.3. The van der Waals surface area contributed by atoms with Crippen molar-refractivity contribution >= 4 is 5.91 Å². The van der Waals surface area contributed by atoms with Gasteiger partial charge in [0, 0.05) is 12.1 Å². The van der Waals surface area contributed by atoms with E-state index in [1.807, 2.05) is 5.32 Å². The smallest absolute Gasteiger partial charge is 0.351 e. The monoisotopic (exact) mass is 292 g/mol. The zero-order chi connectivity index (χ0) is 14.8. The topological polar surface area (TPSA) is 41.1 Å². The van der Waals surface area contributed by atoms with Gasteiger partial charge in [-0.05, 0) is 26.3 Å². The van der Waals surface area contributed by atoms with Crippen molar-refractivity contribution in [3.8, 4) is 0 Å². The van der Waals surface area contributed by atoms with Crippen LogP contribution in [0.3, 0.4) is 0 Å². The van der Waals surface area contributed by atoms with E-state index in [2.05, 4.69) is 5.32 Å². The molecule has 1 rings (SSSR count). The number of amides is 1. The summed E-state index contributed by atoms with van der Waals surface area (Å²) in [5.74, 6) is -6.02. The van der Waals surface area contributed by atoms with Gasteiger partial charge in [-0.25, -0.2) is 0 Å². The molecule has 0 spiro atoms. The maximum Gasteiger partial charge on any atom is 0.409 e. The third-order valence-corrected chi connectivity index (χ3v) is 3.01. The molecule has 9 heteroatoms. The highest BCUT2D eigenvalue weighted by Crippen LogP contribution is 2.39. The second-order valence-electron chi connectivity index (χ2n) is 4.52. The first-order valence-corrected chi connectivity index (χ1v) is 5.70. The minimum Gasteiger partial charge on any atom is -0.351 e. The zero-order valence-electron chi connectivity index (χ0n) is 10.0. The van der Waals surface area contributed by atoms with Crippen LogP contribution in [0.15, 0.2) is 0 Å². The van der Waals surface area contributed by atoms with Crippen molar-refractivity contribution in [1.82, 2.24) is 10.6 Å². The molecule has 1 fully saturated rings. The number of hydrogen-bond acceptors (Lipinski definition) is 2. The molecular weight excluding hydrogens is 278 g/mol. The summed E-state index contributed by atoms with van der Waals surface area (Å²) in [5, 5.41) is 4.72. The number of piperidine rings is 1. The fourth-order valence-corrected chi connectivity index (χ4v) is 1.99. The van der Waals surface area contributed by atoms with Crippen LogP contribution in [0.25, 0.3) is 0 Å². The first-order chi connectivity index (χ1) is 8.53. The lowest BCUT2D eigenvalue weighted by atomic mass is 9.98. The van der Waals surface area contributed by atoms with Gasteiger partial charge in [-0.1, -0.05) is 0 Å². The normalized spacial score (nSPS) is 25.5. The molecule has 0 aromatic carbocycles. The van der Waals surface area contributed by atoms with E-state index < -0.39 is 30.2 Å². The van der Waals surface area contributed by atoms with E-state index in [0.29, 0.717) is 19.4 Å². The van der Waals surface area contributed by atoms with Gasteiger partial charge in [0.1, 0.15) is 0 Å². The first kappa shape index (κ1) is 16.1. The van der Waals surface area contributed by atoms with Crippen LogP contribution in [0, 0.1) is 5.92 Å². The summed E-state index contributed by atoms with van der Waals surface area (Å²) in [7, 11) is 0. The molecule has 3 nitrogen and oxygen atoms in total. The van der Waals surface area contributed by atoms with E-state index in [9.17, 15) is 31.1 Å². The highest BCUT2D eigenvalue weighted by atomic mass is 19.4. The Balaban J connectivity index is 2.78. The van der Waals surface area contributed by atoms with Crippen molar-refractivity contribution in [2.45, 2.75) is 44.2 Å². The molecular formula is C10H14F6N2O. The van der Waals surface area contributed by atoms with Crippen LogP contribution in [0.5, 0.6) is 0 Å². The number of hydrogen-bond donors (Lipinski definition) is 2. The molecule has 0 bridgehead atoms. The number of carbonyl (C=O) groups is 1. The SMILES string of the molecule is CC1NCCCC1NC(=O)C(C(F)(F)F)C(F)(F)F. The third-order valence-electron chi connectivity index (χ3n) is 3.01. The molecule has 0 aromatic rings. The van der Waals surface area contributed by atoms with Crippen molar-refractivity contribution in [3.05, 3.63) is 0 Å². The molecule has 1 amide bonds. The van der Waals surface area contributed by atoms with Gasteiger partial charge in [-0.3, -0.25) is 4.79 Å². The van der Waals surface area contributed by atoms with E-state index >= 15 is 0 Å². The minimum absolute atomic E-state index is 0.350. The van der Waals surface area contributed by atoms with Gasteiger partial charge < -0.3 is 10.6 Å². The van der Waals surface area contributed by atoms with Crippen LogP contribution < -0.4 is 10.6 Å². The fraction of sp³-hybridized carbons (Fsp3) is 0.900. The fourth-order valence-electron chi connectivity index (χ4n) is 1.99. The Morgan fingerprint density at radius 1 is 1.21 bits per heavy atom. The standard InChI is InChI=1S/C10H14F6N2O/c1-5-6(3-2-4-17-5)18-8(19)7(9(11,12)13)10(14,15)16/h5-7,17H,2-4H2,1H3,(H,18,19). The van der Waals surface area contributed by atoms with Crippen LogP contribution in [-0.4, -0.2) is 36.9 Å². The van der Waals surface area contributed by atoms with Crippen molar-refractivity contribution in [3.63, 3.8) is 0 Å². The lowest BCUT2D eigenvalue weighted by molar-refractivity contribution is -0.274. The van der Waals surface area contributed by atoms with Crippen molar-refractivity contribution < 1.29 is 31.1 Å². The summed E-state index contributed by atoms with van der Waals surface area (Å²) in [5.41, 5.74) is 0. The first-order valence-electron chi connectivity index (χ1n) is 5.70. The molecule has 112 valence electrons.